The number of rotatable bonds is 5. The molecular formula is C18H18N4O3. The summed E-state index contributed by atoms with van der Waals surface area (Å²) in [5, 5.41) is 11.6. The van der Waals surface area contributed by atoms with Crippen LogP contribution in [0.4, 0.5) is 11.5 Å². The fraction of sp³-hybridized carbons (Fsp3) is 0.278. The van der Waals surface area contributed by atoms with Crippen LogP contribution in [0.15, 0.2) is 42.6 Å². The minimum Gasteiger partial charge on any atom is -0.484 e. The normalized spacial score (nSPS) is 13.8. The summed E-state index contributed by atoms with van der Waals surface area (Å²) >= 11 is 0. The molecule has 3 rings (SSSR count). The summed E-state index contributed by atoms with van der Waals surface area (Å²) in [7, 11) is 0. The van der Waals surface area contributed by atoms with E-state index in [0.29, 0.717) is 30.2 Å². The van der Waals surface area contributed by atoms with Crippen LogP contribution < -0.4 is 15.0 Å². The summed E-state index contributed by atoms with van der Waals surface area (Å²) in [5.74, 6) is 1.06. The van der Waals surface area contributed by atoms with Gasteiger partial charge in [-0.25, -0.2) is 4.98 Å². The number of hydrogen-bond acceptors (Lipinski definition) is 6. The molecule has 7 heteroatoms. The second-order valence-corrected chi connectivity index (χ2v) is 5.48. The number of morpholine rings is 1. The van der Waals surface area contributed by atoms with Gasteiger partial charge in [0.1, 0.15) is 11.6 Å². The van der Waals surface area contributed by atoms with Gasteiger partial charge in [-0.2, -0.15) is 5.26 Å². The van der Waals surface area contributed by atoms with E-state index in [1.807, 2.05) is 18.2 Å². The van der Waals surface area contributed by atoms with Gasteiger partial charge in [-0.3, -0.25) is 4.79 Å². The zero-order valence-electron chi connectivity index (χ0n) is 13.6. The molecule has 0 aliphatic carbocycles. The van der Waals surface area contributed by atoms with Crippen molar-refractivity contribution in [3.05, 3.63) is 48.2 Å². The largest absolute Gasteiger partial charge is 0.484 e. The number of aromatic nitrogens is 1. The monoisotopic (exact) mass is 338 g/mol. The molecule has 0 saturated carbocycles. The average Bonchev–Trinajstić information content (AvgIpc) is 2.68. The molecule has 1 N–H and O–H groups in total. The molecule has 1 aromatic heterocycles. The van der Waals surface area contributed by atoms with Gasteiger partial charge < -0.3 is 19.7 Å². The first-order valence-electron chi connectivity index (χ1n) is 7.96. The lowest BCUT2D eigenvalue weighted by atomic mass is 10.2. The maximum atomic E-state index is 12.0. The van der Waals surface area contributed by atoms with Crippen molar-refractivity contribution in [2.45, 2.75) is 0 Å². The third-order valence-corrected chi connectivity index (χ3v) is 3.70. The zero-order valence-corrected chi connectivity index (χ0v) is 13.6. The van der Waals surface area contributed by atoms with Crippen molar-refractivity contribution in [1.82, 2.24) is 4.98 Å². The molecule has 2 aromatic rings. The number of carbonyl (C=O) groups is 1. The maximum absolute atomic E-state index is 12.0. The molecule has 0 radical (unpaired) electrons. The van der Waals surface area contributed by atoms with Gasteiger partial charge >= 0.3 is 0 Å². The number of anilines is 2. The Hall–Kier alpha value is -3.11. The fourth-order valence-corrected chi connectivity index (χ4v) is 2.44. The topological polar surface area (TPSA) is 87.5 Å². The van der Waals surface area contributed by atoms with Crippen LogP contribution in [0.3, 0.4) is 0 Å². The smallest absolute Gasteiger partial charge is 0.262 e. The minimum absolute atomic E-state index is 0.139. The molecule has 1 saturated heterocycles. The quantitative estimate of drug-likeness (QED) is 0.894. The van der Waals surface area contributed by atoms with E-state index in [1.54, 1.807) is 30.5 Å². The van der Waals surface area contributed by atoms with Crippen molar-refractivity contribution in [2.24, 2.45) is 0 Å². The van der Waals surface area contributed by atoms with Crippen LogP contribution >= 0.6 is 0 Å². The van der Waals surface area contributed by atoms with E-state index < -0.39 is 0 Å². The molecule has 0 bridgehead atoms. The Morgan fingerprint density at radius 3 is 2.88 bits per heavy atom. The molecule has 2 heterocycles. The van der Waals surface area contributed by atoms with Gasteiger partial charge in [0.25, 0.3) is 5.91 Å². The van der Waals surface area contributed by atoms with E-state index in [1.165, 1.54) is 0 Å². The Bertz CT molecular complexity index is 765. The van der Waals surface area contributed by atoms with E-state index >= 15 is 0 Å². The number of ether oxygens (including phenoxy) is 2. The molecule has 1 aliphatic rings. The molecule has 1 fully saturated rings. The highest BCUT2D eigenvalue weighted by Crippen LogP contribution is 2.16. The Kier molecular flexibility index (Phi) is 5.44. The number of nitrogens with zero attached hydrogens (tertiary/aromatic N) is 3. The van der Waals surface area contributed by atoms with Crippen molar-refractivity contribution in [1.29, 1.82) is 5.26 Å². The van der Waals surface area contributed by atoms with E-state index in [0.717, 1.165) is 18.9 Å². The van der Waals surface area contributed by atoms with E-state index in [9.17, 15) is 4.79 Å². The number of carbonyl (C=O) groups excluding carboxylic acids is 1. The maximum Gasteiger partial charge on any atom is 0.262 e. The van der Waals surface area contributed by atoms with Crippen LogP contribution in [0.5, 0.6) is 5.75 Å². The van der Waals surface area contributed by atoms with E-state index in [-0.39, 0.29) is 12.5 Å². The van der Waals surface area contributed by atoms with Gasteiger partial charge in [-0.15, -0.1) is 0 Å². The third kappa shape index (κ3) is 4.68. The Morgan fingerprint density at radius 1 is 1.32 bits per heavy atom. The van der Waals surface area contributed by atoms with Crippen LogP contribution in [0.2, 0.25) is 0 Å². The van der Waals surface area contributed by atoms with Crippen molar-refractivity contribution < 1.29 is 14.3 Å². The molecule has 128 valence electrons. The molecule has 1 aromatic carbocycles. The predicted octanol–water partition coefficient (Wildman–Crippen LogP) is 1.81. The fourth-order valence-electron chi connectivity index (χ4n) is 2.44. The summed E-state index contributed by atoms with van der Waals surface area (Å²) in [5.41, 5.74) is 1.09. The lowest BCUT2D eigenvalue weighted by Gasteiger charge is -2.27. The van der Waals surface area contributed by atoms with Crippen LogP contribution in [0.25, 0.3) is 0 Å². The van der Waals surface area contributed by atoms with Gasteiger partial charge in [-0.05, 0) is 30.3 Å². The van der Waals surface area contributed by atoms with Crippen LogP contribution in [-0.2, 0) is 9.53 Å². The number of benzene rings is 1. The molecule has 0 spiro atoms. The summed E-state index contributed by atoms with van der Waals surface area (Å²) in [4.78, 5) is 18.5. The number of nitrogens with one attached hydrogen (secondary N) is 1. The number of amides is 1. The van der Waals surface area contributed by atoms with Gasteiger partial charge in [0.2, 0.25) is 0 Å². The predicted molar refractivity (Wildman–Crippen MR) is 92.6 cm³/mol. The first-order valence-corrected chi connectivity index (χ1v) is 7.96. The van der Waals surface area contributed by atoms with Crippen molar-refractivity contribution in [3.8, 4) is 11.8 Å². The first kappa shape index (κ1) is 16.7. The SMILES string of the molecule is N#Cc1cccc(OCC(=O)Nc2ccc(N3CCOCC3)nc2)c1. The van der Waals surface area contributed by atoms with Gasteiger partial charge in [0.15, 0.2) is 6.61 Å². The molecule has 0 unspecified atom stereocenters. The van der Waals surface area contributed by atoms with Gasteiger partial charge in [-0.1, -0.05) is 6.07 Å². The molecule has 7 nitrogen and oxygen atoms in total. The standard InChI is InChI=1S/C18H18N4O3/c19-11-14-2-1-3-16(10-14)25-13-18(23)21-15-4-5-17(20-12-15)22-6-8-24-9-7-22/h1-5,10,12H,6-9,13H2,(H,21,23). The molecule has 25 heavy (non-hydrogen) atoms. The summed E-state index contributed by atoms with van der Waals surface area (Å²) in [6.45, 7) is 2.89. The van der Waals surface area contributed by atoms with Gasteiger partial charge in [0, 0.05) is 13.1 Å². The van der Waals surface area contributed by atoms with E-state index in [4.69, 9.17) is 14.7 Å². The third-order valence-electron chi connectivity index (χ3n) is 3.70. The molecule has 1 amide bonds. The minimum atomic E-state index is -0.289. The summed E-state index contributed by atoms with van der Waals surface area (Å²) in [6, 6.07) is 12.4. The van der Waals surface area contributed by atoms with Crippen LogP contribution in [0.1, 0.15) is 5.56 Å². The second kappa shape index (κ2) is 8.13. The summed E-state index contributed by atoms with van der Waals surface area (Å²) < 4.78 is 10.7. The summed E-state index contributed by atoms with van der Waals surface area (Å²) in [6.07, 6.45) is 1.62. The molecule has 1 aliphatic heterocycles. The van der Waals surface area contributed by atoms with Crippen molar-refractivity contribution in [3.63, 3.8) is 0 Å². The first-order chi connectivity index (χ1) is 12.2. The van der Waals surface area contributed by atoms with Crippen LogP contribution in [0, 0.1) is 11.3 Å². The van der Waals surface area contributed by atoms with Crippen LogP contribution in [-0.4, -0.2) is 43.8 Å². The molecule has 0 atom stereocenters. The van der Waals surface area contributed by atoms with Crippen molar-refractivity contribution in [2.75, 3.05) is 43.1 Å². The Labute approximate surface area is 145 Å². The highest BCUT2D eigenvalue weighted by Gasteiger charge is 2.12. The van der Waals surface area contributed by atoms with E-state index in [2.05, 4.69) is 15.2 Å². The Morgan fingerprint density at radius 2 is 2.16 bits per heavy atom. The highest BCUT2D eigenvalue weighted by molar-refractivity contribution is 5.91. The average molecular weight is 338 g/mol. The van der Waals surface area contributed by atoms with Crippen molar-refractivity contribution >= 4 is 17.4 Å². The molecular weight excluding hydrogens is 320 g/mol. The number of nitriles is 1. The highest BCUT2D eigenvalue weighted by atomic mass is 16.5. The van der Waals surface area contributed by atoms with Gasteiger partial charge in [0.05, 0.1) is 36.7 Å². The number of hydrogen-bond donors (Lipinski definition) is 1. The lowest BCUT2D eigenvalue weighted by Crippen LogP contribution is -2.36. The Balaban J connectivity index is 1.51. The second-order valence-electron chi connectivity index (χ2n) is 5.48. The number of pyridine rings is 1. The lowest BCUT2D eigenvalue weighted by molar-refractivity contribution is -0.118. The zero-order chi connectivity index (χ0) is 17.5.